The fraction of sp³-hybridized carbons (Fsp3) is 0.185. The first kappa shape index (κ1) is 23.1. The number of methoxy groups -OCH3 is 1. The maximum atomic E-state index is 13.0. The number of pyridine rings is 1. The molecule has 1 aliphatic rings. The molecule has 5 rings (SSSR count). The third-order valence-corrected chi connectivity index (χ3v) is 5.98. The molecule has 2 heterocycles. The van der Waals surface area contributed by atoms with E-state index >= 15 is 0 Å². The zero-order valence-corrected chi connectivity index (χ0v) is 19.6. The van der Waals surface area contributed by atoms with Gasteiger partial charge in [0, 0.05) is 42.2 Å². The summed E-state index contributed by atoms with van der Waals surface area (Å²) < 4.78 is 6.55. The van der Waals surface area contributed by atoms with Gasteiger partial charge in [-0.3, -0.25) is 9.78 Å². The van der Waals surface area contributed by atoms with Crippen LogP contribution < -0.4 is 15.4 Å². The zero-order chi connectivity index (χ0) is 25.1. The molecule has 182 valence electrons. The molecule has 0 radical (unpaired) electrons. The van der Waals surface area contributed by atoms with Crippen LogP contribution in [0, 0.1) is 0 Å². The Labute approximate surface area is 207 Å². The van der Waals surface area contributed by atoms with Crippen LogP contribution in [0.15, 0.2) is 73.1 Å². The maximum Gasteiger partial charge on any atom is 0.342 e. The minimum Gasteiger partial charge on any atom is -0.507 e. The van der Waals surface area contributed by atoms with E-state index < -0.39 is 0 Å². The number of phenolic OH excluding ortho intramolecular Hbond substituents is 1. The van der Waals surface area contributed by atoms with Crippen molar-refractivity contribution in [3.05, 3.63) is 89.9 Å². The van der Waals surface area contributed by atoms with Crippen LogP contribution in [0.2, 0.25) is 0 Å². The van der Waals surface area contributed by atoms with Gasteiger partial charge in [-0.15, -0.1) is 0 Å². The molecule has 2 amide bonds. The van der Waals surface area contributed by atoms with Gasteiger partial charge in [0.25, 0.3) is 5.91 Å². The number of carbonyl (C=O) groups excluding carboxylic acids is 2. The highest BCUT2D eigenvalue weighted by molar-refractivity contribution is 6.04. The minimum atomic E-state index is -0.334. The Morgan fingerprint density at radius 2 is 1.92 bits per heavy atom. The van der Waals surface area contributed by atoms with E-state index in [0.29, 0.717) is 29.1 Å². The SMILES string of the molecule is COc1ccc(CNC(=O)n2nc(-c3ccc(NC(=O)c4cccnc4)cc3O)cc2C2CC2)cc1. The fourth-order valence-electron chi connectivity index (χ4n) is 3.88. The van der Waals surface area contributed by atoms with Gasteiger partial charge in [0.05, 0.1) is 24.1 Å². The average Bonchev–Trinajstić information content (AvgIpc) is 3.66. The van der Waals surface area contributed by atoms with Crippen molar-refractivity contribution in [2.45, 2.75) is 25.3 Å². The largest absolute Gasteiger partial charge is 0.507 e. The number of hydrogen-bond donors (Lipinski definition) is 3. The Bertz CT molecular complexity index is 1400. The van der Waals surface area contributed by atoms with Gasteiger partial charge >= 0.3 is 6.03 Å². The van der Waals surface area contributed by atoms with Crippen LogP contribution in [0.25, 0.3) is 11.3 Å². The molecule has 3 N–H and O–H groups in total. The minimum absolute atomic E-state index is 0.0513. The number of nitrogens with one attached hydrogen (secondary N) is 2. The fourth-order valence-corrected chi connectivity index (χ4v) is 3.88. The number of anilines is 1. The molecule has 0 atom stereocenters. The van der Waals surface area contributed by atoms with E-state index in [0.717, 1.165) is 29.8 Å². The van der Waals surface area contributed by atoms with Crippen LogP contribution in [0.4, 0.5) is 10.5 Å². The first-order chi connectivity index (χ1) is 17.5. The Morgan fingerprint density at radius 1 is 1.11 bits per heavy atom. The first-order valence-electron chi connectivity index (χ1n) is 11.6. The van der Waals surface area contributed by atoms with Gasteiger partial charge in [-0.05, 0) is 60.9 Å². The highest BCUT2D eigenvalue weighted by Gasteiger charge is 2.30. The summed E-state index contributed by atoms with van der Waals surface area (Å²) in [6.07, 6.45) is 5.03. The molecule has 0 unspecified atom stereocenters. The smallest absolute Gasteiger partial charge is 0.342 e. The van der Waals surface area contributed by atoms with E-state index in [-0.39, 0.29) is 23.6 Å². The lowest BCUT2D eigenvalue weighted by molar-refractivity contribution is 0.102. The van der Waals surface area contributed by atoms with Crippen molar-refractivity contribution >= 4 is 17.6 Å². The molecular formula is C27H25N5O4. The maximum absolute atomic E-state index is 13.0. The molecule has 1 saturated carbocycles. The van der Waals surface area contributed by atoms with Gasteiger partial charge < -0.3 is 20.5 Å². The summed E-state index contributed by atoms with van der Waals surface area (Å²) in [6.45, 7) is 0.346. The van der Waals surface area contributed by atoms with Gasteiger partial charge in [-0.25, -0.2) is 4.79 Å². The molecular weight excluding hydrogens is 458 g/mol. The summed E-state index contributed by atoms with van der Waals surface area (Å²) >= 11 is 0. The van der Waals surface area contributed by atoms with E-state index in [4.69, 9.17) is 4.74 Å². The molecule has 1 aliphatic carbocycles. The summed E-state index contributed by atoms with van der Waals surface area (Å²) in [6, 6.07) is 17.1. The van der Waals surface area contributed by atoms with E-state index in [9.17, 15) is 14.7 Å². The third kappa shape index (κ3) is 5.05. The number of phenols is 1. The number of hydrogen-bond acceptors (Lipinski definition) is 6. The van der Waals surface area contributed by atoms with Crippen LogP contribution in [0.5, 0.6) is 11.5 Å². The second-order valence-electron chi connectivity index (χ2n) is 8.58. The average molecular weight is 484 g/mol. The van der Waals surface area contributed by atoms with Gasteiger partial charge in [-0.2, -0.15) is 9.78 Å². The number of nitrogens with zero attached hydrogens (tertiary/aromatic N) is 3. The number of ether oxygens (including phenoxy) is 1. The van der Waals surface area contributed by atoms with Crippen LogP contribution >= 0.6 is 0 Å². The number of rotatable bonds is 7. The number of aromatic hydroxyl groups is 1. The number of benzene rings is 2. The van der Waals surface area contributed by atoms with Crippen molar-refractivity contribution in [3.63, 3.8) is 0 Å². The Kier molecular flexibility index (Phi) is 6.36. The molecule has 0 saturated heterocycles. The molecule has 9 nitrogen and oxygen atoms in total. The van der Waals surface area contributed by atoms with Crippen LogP contribution in [-0.2, 0) is 6.54 Å². The van der Waals surface area contributed by atoms with Gasteiger partial charge in [0.1, 0.15) is 11.5 Å². The summed E-state index contributed by atoms with van der Waals surface area (Å²) in [4.78, 5) is 29.3. The van der Waals surface area contributed by atoms with Crippen LogP contribution in [-0.4, -0.2) is 38.9 Å². The summed E-state index contributed by atoms with van der Waals surface area (Å²) in [7, 11) is 1.61. The zero-order valence-electron chi connectivity index (χ0n) is 19.6. The Hall–Kier alpha value is -4.66. The molecule has 0 aliphatic heterocycles. The summed E-state index contributed by atoms with van der Waals surface area (Å²) in [5.41, 5.74) is 3.55. The topological polar surface area (TPSA) is 118 Å². The normalized spacial score (nSPS) is 12.7. The lowest BCUT2D eigenvalue weighted by Gasteiger charge is -2.09. The predicted molar refractivity (Wildman–Crippen MR) is 134 cm³/mol. The highest BCUT2D eigenvalue weighted by atomic mass is 16.5. The van der Waals surface area contributed by atoms with Crippen molar-refractivity contribution in [2.75, 3.05) is 12.4 Å². The molecule has 1 fully saturated rings. The molecule has 9 heteroatoms. The predicted octanol–water partition coefficient (Wildman–Crippen LogP) is 4.55. The van der Waals surface area contributed by atoms with Gasteiger partial charge in [-0.1, -0.05) is 12.1 Å². The lowest BCUT2D eigenvalue weighted by Crippen LogP contribution is -2.30. The first-order valence-corrected chi connectivity index (χ1v) is 11.6. The molecule has 0 spiro atoms. The highest BCUT2D eigenvalue weighted by Crippen LogP contribution is 2.42. The number of carbonyl (C=O) groups is 2. The Balaban J connectivity index is 1.33. The van der Waals surface area contributed by atoms with Crippen molar-refractivity contribution < 1.29 is 19.4 Å². The van der Waals surface area contributed by atoms with E-state index in [1.807, 2.05) is 30.3 Å². The van der Waals surface area contributed by atoms with Crippen LogP contribution in [0.1, 0.15) is 40.4 Å². The number of amides is 2. The summed E-state index contributed by atoms with van der Waals surface area (Å²) in [5, 5.41) is 20.9. The van der Waals surface area contributed by atoms with Crippen molar-refractivity contribution in [1.82, 2.24) is 20.1 Å². The second-order valence-corrected chi connectivity index (χ2v) is 8.58. The lowest BCUT2D eigenvalue weighted by atomic mass is 10.1. The molecule has 36 heavy (non-hydrogen) atoms. The van der Waals surface area contributed by atoms with Crippen molar-refractivity contribution in [1.29, 1.82) is 0 Å². The quantitative estimate of drug-likeness (QED) is 0.355. The molecule has 4 aromatic rings. The number of aromatic nitrogens is 3. The van der Waals surface area contributed by atoms with Gasteiger partial charge in [0.15, 0.2) is 0 Å². The van der Waals surface area contributed by atoms with Crippen molar-refractivity contribution in [2.24, 2.45) is 0 Å². The van der Waals surface area contributed by atoms with E-state index in [2.05, 4.69) is 20.7 Å². The second kappa shape index (κ2) is 9.91. The monoisotopic (exact) mass is 483 g/mol. The van der Waals surface area contributed by atoms with Gasteiger partial charge in [0.2, 0.25) is 0 Å². The molecule has 2 aromatic heterocycles. The third-order valence-electron chi connectivity index (χ3n) is 5.98. The van der Waals surface area contributed by atoms with Crippen LogP contribution in [0.3, 0.4) is 0 Å². The standard InChI is InChI=1S/C27H25N5O4/c1-36-21-9-4-17(5-10-21)15-29-27(35)32-24(18-6-7-18)14-23(31-32)22-11-8-20(13-25(22)33)30-26(34)19-3-2-12-28-16-19/h2-5,8-14,16,18,33H,6-7,15H2,1H3,(H,29,35)(H,30,34). The summed E-state index contributed by atoms with van der Waals surface area (Å²) in [5.74, 6) is 0.632. The van der Waals surface area contributed by atoms with E-state index in [1.54, 1.807) is 37.6 Å². The van der Waals surface area contributed by atoms with Crippen molar-refractivity contribution in [3.8, 4) is 22.8 Å². The van der Waals surface area contributed by atoms with E-state index in [1.165, 1.54) is 16.9 Å². The Morgan fingerprint density at radius 3 is 2.58 bits per heavy atom. The molecule has 0 bridgehead atoms. The molecule has 2 aromatic carbocycles.